The Labute approximate surface area is 234 Å². The molecule has 0 aliphatic carbocycles. The van der Waals surface area contributed by atoms with E-state index in [1.165, 1.54) is 30.5 Å². The number of rotatable bonds is 5. The quantitative estimate of drug-likeness (QED) is 0.372. The van der Waals surface area contributed by atoms with Gasteiger partial charge in [-0.25, -0.2) is 13.2 Å². The summed E-state index contributed by atoms with van der Waals surface area (Å²) in [4.78, 5) is 18.0. The molecule has 0 unspecified atom stereocenters. The zero-order chi connectivity index (χ0) is 27.9. The van der Waals surface area contributed by atoms with Crippen molar-refractivity contribution < 1.29 is 23.0 Å². The molecule has 8 rings (SSSR count). The predicted molar refractivity (Wildman–Crippen MR) is 148 cm³/mol. The summed E-state index contributed by atoms with van der Waals surface area (Å²) < 4.78 is 52.0. The Hall–Kier alpha value is -3.70. The number of benzene rings is 2. The number of anilines is 1. The Kier molecular flexibility index (Phi) is 5.59. The maximum absolute atomic E-state index is 16.5. The lowest BCUT2D eigenvalue weighted by atomic mass is 9.95. The molecule has 4 aliphatic rings. The van der Waals surface area contributed by atoms with E-state index >= 15 is 4.39 Å². The number of hydrogen-bond donors (Lipinski definition) is 2. The maximum Gasteiger partial charge on any atom is 0.319 e. The number of pyridine rings is 1. The lowest BCUT2D eigenvalue weighted by Crippen LogP contribution is -2.44. The van der Waals surface area contributed by atoms with Crippen LogP contribution >= 0.6 is 0 Å². The molecule has 4 atom stereocenters. The van der Waals surface area contributed by atoms with Gasteiger partial charge in [-0.15, -0.1) is 0 Å². The average molecular weight is 563 g/mol. The molecule has 4 aromatic rings. The van der Waals surface area contributed by atoms with E-state index in [1.54, 1.807) is 6.07 Å². The van der Waals surface area contributed by atoms with Crippen LogP contribution in [-0.2, 0) is 0 Å². The van der Waals surface area contributed by atoms with E-state index in [-0.39, 0.29) is 46.6 Å². The number of piperazine rings is 1. The van der Waals surface area contributed by atoms with Crippen molar-refractivity contribution in [3.63, 3.8) is 0 Å². The molecule has 0 spiro atoms. The lowest BCUT2D eigenvalue weighted by molar-refractivity contribution is 0.107. The van der Waals surface area contributed by atoms with Gasteiger partial charge in [-0.3, -0.25) is 9.88 Å². The minimum absolute atomic E-state index is 0.00846. The number of halogens is 3. The molecular weight excluding hydrogens is 533 g/mol. The van der Waals surface area contributed by atoms with Gasteiger partial charge in [0.05, 0.1) is 10.9 Å². The molecule has 0 amide bonds. The van der Waals surface area contributed by atoms with Crippen LogP contribution in [0.1, 0.15) is 25.7 Å². The van der Waals surface area contributed by atoms with Crippen molar-refractivity contribution in [2.45, 2.75) is 49.5 Å². The topological polar surface area (TPSA) is 86.6 Å². The third kappa shape index (κ3) is 3.93. The number of phenols is 1. The normalized spacial score (nSPS) is 27.4. The first-order valence-electron chi connectivity index (χ1n) is 14.2. The van der Waals surface area contributed by atoms with Crippen LogP contribution in [0.3, 0.4) is 0 Å². The van der Waals surface area contributed by atoms with Crippen LogP contribution in [0.15, 0.2) is 36.5 Å². The third-order valence-corrected chi connectivity index (χ3v) is 9.37. The van der Waals surface area contributed by atoms with Gasteiger partial charge in [-0.1, -0.05) is 12.1 Å². The first kappa shape index (κ1) is 25.0. The van der Waals surface area contributed by atoms with Gasteiger partial charge in [0.15, 0.2) is 5.82 Å². The van der Waals surface area contributed by atoms with E-state index in [0.29, 0.717) is 42.1 Å². The van der Waals surface area contributed by atoms with Gasteiger partial charge < -0.3 is 20.1 Å². The van der Waals surface area contributed by atoms with Crippen LogP contribution < -0.4 is 15.0 Å². The predicted octanol–water partition coefficient (Wildman–Crippen LogP) is 4.33. The highest BCUT2D eigenvalue weighted by molar-refractivity contribution is 6.00. The Bertz CT molecular complexity index is 1700. The summed E-state index contributed by atoms with van der Waals surface area (Å²) in [6.07, 6.45) is 3.78. The summed E-state index contributed by atoms with van der Waals surface area (Å²) in [5.41, 5.74) is -0.395. The van der Waals surface area contributed by atoms with Crippen molar-refractivity contribution in [2.24, 2.45) is 0 Å². The summed E-state index contributed by atoms with van der Waals surface area (Å²) in [5, 5.41) is 14.9. The van der Waals surface area contributed by atoms with Crippen LogP contribution in [0.25, 0.3) is 32.9 Å². The highest BCUT2D eigenvalue weighted by atomic mass is 19.1. The smallest absolute Gasteiger partial charge is 0.319 e. The fourth-order valence-corrected chi connectivity index (χ4v) is 7.51. The van der Waals surface area contributed by atoms with Crippen molar-refractivity contribution >= 4 is 27.5 Å². The second-order valence-electron chi connectivity index (χ2n) is 11.9. The van der Waals surface area contributed by atoms with Crippen LogP contribution in [0.4, 0.5) is 19.0 Å². The van der Waals surface area contributed by atoms with Crippen molar-refractivity contribution in [1.82, 2.24) is 25.2 Å². The second kappa shape index (κ2) is 9.15. The molecule has 212 valence electrons. The zero-order valence-electron chi connectivity index (χ0n) is 22.3. The standard InChI is InChI=1S/C30H29F3N6O2/c31-17-10-30(5-2-6-38(30)13-17)15-41-29-36-27-22(28(37-29)39-14-18-8-19(39)11-34-18)12-35-26(25(27)33)21-9-20(40)7-16-3-1-4-23(32)24(16)21/h1,3-4,7,9,12,17-19,34,40H,2,5-6,8,10-11,13-15H2/t17-,18-,19-,30+/m1/s1. The van der Waals surface area contributed by atoms with Gasteiger partial charge in [0, 0.05) is 55.3 Å². The average Bonchev–Trinajstić information content (AvgIpc) is 3.73. The molecule has 0 radical (unpaired) electrons. The van der Waals surface area contributed by atoms with Crippen molar-refractivity contribution in [3.8, 4) is 23.0 Å². The highest BCUT2D eigenvalue weighted by Gasteiger charge is 2.49. The van der Waals surface area contributed by atoms with E-state index in [9.17, 15) is 13.9 Å². The third-order valence-electron chi connectivity index (χ3n) is 9.37. The number of phenolic OH excluding ortho intramolecular Hbond substituents is 1. The van der Waals surface area contributed by atoms with Crippen LogP contribution in [-0.4, -0.2) is 81.5 Å². The molecule has 6 heterocycles. The van der Waals surface area contributed by atoms with Gasteiger partial charge in [-0.05, 0) is 49.4 Å². The van der Waals surface area contributed by atoms with Crippen LogP contribution in [0.5, 0.6) is 11.8 Å². The Morgan fingerprint density at radius 1 is 1.17 bits per heavy atom. The molecule has 11 heteroatoms. The zero-order valence-corrected chi connectivity index (χ0v) is 22.3. The molecule has 2 aromatic heterocycles. The Morgan fingerprint density at radius 2 is 2.07 bits per heavy atom. The summed E-state index contributed by atoms with van der Waals surface area (Å²) in [6.45, 7) is 2.95. The molecule has 8 nitrogen and oxygen atoms in total. The summed E-state index contributed by atoms with van der Waals surface area (Å²) in [5.74, 6) is -0.885. The fourth-order valence-electron chi connectivity index (χ4n) is 7.51. The molecule has 2 aromatic carbocycles. The summed E-state index contributed by atoms with van der Waals surface area (Å²) in [6, 6.07) is 7.76. The largest absolute Gasteiger partial charge is 0.508 e. The Balaban J connectivity index is 1.26. The van der Waals surface area contributed by atoms with Crippen molar-refractivity contribution in [3.05, 3.63) is 48.2 Å². The van der Waals surface area contributed by atoms with E-state index in [4.69, 9.17) is 9.72 Å². The number of alkyl halides is 1. The van der Waals surface area contributed by atoms with E-state index in [1.807, 2.05) is 0 Å². The molecule has 2 N–H and O–H groups in total. The first-order valence-corrected chi connectivity index (χ1v) is 14.2. The number of nitrogens with zero attached hydrogens (tertiary/aromatic N) is 5. The van der Waals surface area contributed by atoms with E-state index < -0.39 is 23.3 Å². The molecule has 0 saturated carbocycles. The number of fused-ring (bicyclic) bond motifs is 5. The first-order chi connectivity index (χ1) is 19.9. The minimum Gasteiger partial charge on any atom is -0.508 e. The van der Waals surface area contributed by atoms with Gasteiger partial charge in [0.25, 0.3) is 0 Å². The van der Waals surface area contributed by atoms with Crippen molar-refractivity contribution in [1.29, 1.82) is 0 Å². The molecule has 4 aliphatic heterocycles. The van der Waals surface area contributed by atoms with Crippen molar-refractivity contribution in [2.75, 3.05) is 37.7 Å². The number of aromatic hydroxyl groups is 1. The van der Waals surface area contributed by atoms with E-state index in [0.717, 1.165) is 32.4 Å². The molecule has 4 fully saturated rings. The number of hydrogen-bond acceptors (Lipinski definition) is 8. The summed E-state index contributed by atoms with van der Waals surface area (Å²) >= 11 is 0. The monoisotopic (exact) mass is 562 g/mol. The molecule has 4 saturated heterocycles. The highest BCUT2D eigenvalue weighted by Crippen LogP contribution is 2.42. The minimum atomic E-state index is -0.900. The second-order valence-corrected chi connectivity index (χ2v) is 11.9. The van der Waals surface area contributed by atoms with Gasteiger partial charge >= 0.3 is 6.01 Å². The Morgan fingerprint density at radius 3 is 2.90 bits per heavy atom. The molecular formula is C30H29F3N6O2. The van der Waals surface area contributed by atoms with Gasteiger partial charge in [-0.2, -0.15) is 9.97 Å². The van der Waals surface area contributed by atoms with Gasteiger partial charge in [0.1, 0.15) is 41.4 Å². The van der Waals surface area contributed by atoms with Crippen LogP contribution in [0, 0.1) is 11.6 Å². The number of nitrogens with one attached hydrogen (secondary N) is 1. The molecule has 2 bridgehead atoms. The number of ether oxygens (including phenoxy) is 1. The fraction of sp³-hybridized carbons (Fsp3) is 0.433. The van der Waals surface area contributed by atoms with Gasteiger partial charge in [0.2, 0.25) is 0 Å². The van der Waals surface area contributed by atoms with Crippen LogP contribution in [0.2, 0.25) is 0 Å². The maximum atomic E-state index is 16.5. The molecule has 41 heavy (non-hydrogen) atoms. The SMILES string of the molecule is Oc1cc(-c2ncc3c(N4C[C@H]5C[C@@H]4CN5)nc(OC[C@@]45CCCN4C[C@H](F)C5)nc3c2F)c2c(F)cccc2c1. The summed E-state index contributed by atoms with van der Waals surface area (Å²) in [7, 11) is 0. The van der Waals surface area contributed by atoms with E-state index in [2.05, 4.69) is 25.1 Å². The lowest BCUT2D eigenvalue weighted by Gasteiger charge is -2.32. The number of aromatic nitrogens is 3.